The number of esters is 4. The van der Waals surface area contributed by atoms with Gasteiger partial charge in [0.15, 0.2) is 12.2 Å². The van der Waals surface area contributed by atoms with Gasteiger partial charge in [-0.05, 0) is 37.5 Å². The van der Waals surface area contributed by atoms with Crippen molar-refractivity contribution in [1.29, 1.82) is 0 Å². The van der Waals surface area contributed by atoms with Crippen molar-refractivity contribution < 1.29 is 80.2 Å². The Morgan fingerprint density at radius 3 is 0.739 bits per heavy atom. The number of hydrogen-bond donors (Lipinski definition) is 3. The second-order valence-electron chi connectivity index (χ2n) is 27.3. The van der Waals surface area contributed by atoms with E-state index in [0.717, 1.165) is 102 Å². The first kappa shape index (κ1) is 90.1. The summed E-state index contributed by atoms with van der Waals surface area (Å²) in [5.74, 6) is -0.608. The quantitative estimate of drug-likeness (QED) is 0.0222. The fourth-order valence-electron chi connectivity index (χ4n) is 11.1. The highest BCUT2D eigenvalue weighted by atomic mass is 31.2. The average Bonchev–Trinajstić information content (AvgIpc) is 1.55. The van der Waals surface area contributed by atoms with Crippen LogP contribution in [0.3, 0.4) is 0 Å². The van der Waals surface area contributed by atoms with E-state index >= 15 is 0 Å². The third kappa shape index (κ3) is 66.7. The molecule has 0 rings (SSSR count). The number of phosphoric ester groups is 2. The lowest BCUT2D eigenvalue weighted by atomic mass is 10.0. The summed E-state index contributed by atoms with van der Waals surface area (Å²) < 4.78 is 68.4. The number of aliphatic hydroxyl groups is 1. The van der Waals surface area contributed by atoms with Crippen LogP contribution in [0, 0.1) is 11.8 Å². The van der Waals surface area contributed by atoms with Crippen molar-refractivity contribution in [3.05, 3.63) is 0 Å². The maximum absolute atomic E-state index is 13.0. The molecule has 0 aliphatic carbocycles. The van der Waals surface area contributed by atoms with Crippen molar-refractivity contribution in [3.8, 4) is 0 Å². The lowest BCUT2D eigenvalue weighted by molar-refractivity contribution is -0.161. The molecule has 0 aliphatic rings. The first-order chi connectivity index (χ1) is 44.4. The van der Waals surface area contributed by atoms with E-state index in [0.29, 0.717) is 25.7 Å². The Kier molecular flexibility index (Phi) is 63.7. The summed E-state index contributed by atoms with van der Waals surface area (Å²) in [5, 5.41) is 10.6. The Balaban J connectivity index is 5.27. The minimum Gasteiger partial charge on any atom is -0.462 e. The fourth-order valence-corrected chi connectivity index (χ4v) is 12.7. The van der Waals surface area contributed by atoms with E-state index in [9.17, 15) is 43.2 Å². The van der Waals surface area contributed by atoms with Crippen LogP contribution in [-0.2, 0) is 65.4 Å². The van der Waals surface area contributed by atoms with Crippen molar-refractivity contribution >= 4 is 39.5 Å². The van der Waals surface area contributed by atoms with Crippen molar-refractivity contribution in [1.82, 2.24) is 0 Å². The summed E-state index contributed by atoms with van der Waals surface area (Å²) in [7, 11) is -9.91. The molecule has 5 atom stereocenters. The predicted octanol–water partition coefficient (Wildman–Crippen LogP) is 21.2. The molecular weight excluding hydrogens is 1210 g/mol. The molecule has 0 heterocycles. The van der Waals surface area contributed by atoms with E-state index in [4.69, 9.17) is 37.0 Å². The molecule has 92 heavy (non-hydrogen) atoms. The normalized spacial score (nSPS) is 14.1. The Labute approximate surface area is 562 Å². The highest BCUT2D eigenvalue weighted by molar-refractivity contribution is 7.47. The zero-order valence-electron chi connectivity index (χ0n) is 59.9. The van der Waals surface area contributed by atoms with Gasteiger partial charge >= 0.3 is 39.5 Å². The van der Waals surface area contributed by atoms with Crippen LogP contribution in [0.1, 0.15) is 375 Å². The van der Waals surface area contributed by atoms with E-state index in [1.54, 1.807) is 0 Å². The SMILES string of the molecule is CCCCCCCCCCCCCCCC(=O)OC[C@H](COP(=O)(O)OC[C@@H](O)COP(=O)(O)OC[C@@H](COC(=O)CCCCCCCCCCCC(C)C)OC(=O)CCCCCCCCCCCCCCC)OC(=O)CCCCCCCCCCCCCC(C)C. The summed E-state index contributed by atoms with van der Waals surface area (Å²) in [4.78, 5) is 72.7. The summed E-state index contributed by atoms with van der Waals surface area (Å²) in [6, 6.07) is 0. The summed E-state index contributed by atoms with van der Waals surface area (Å²) >= 11 is 0. The Morgan fingerprint density at radius 1 is 0.293 bits per heavy atom. The number of hydrogen-bond acceptors (Lipinski definition) is 15. The van der Waals surface area contributed by atoms with E-state index in [1.807, 2.05) is 0 Å². The first-order valence-electron chi connectivity index (χ1n) is 38.0. The van der Waals surface area contributed by atoms with E-state index in [1.165, 1.54) is 193 Å². The fraction of sp³-hybridized carbons (Fsp3) is 0.945. The summed E-state index contributed by atoms with van der Waals surface area (Å²) in [6.07, 6.45) is 51.1. The van der Waals surface area contributed by atoms with Gasteiger partial charge in [-0.1, -0.05) is 324 Å². The molecule has 3 N–H and O–H groups in total. The maximum Gasteiger partial charge on any atom is 0.472 e. The topological polar surface area (TPSA) is 237 Å². The lowest BCUT2D eigenvalue weighted by Gasteiger charge is -2.21. The van der Waals surface area contributed by atoms with E-state index in [-0.39, 0.29) is 25.7 Å². The molecule has 0 aliphatic heterocycles. The second kappa shape index (κ2) is 65.0. The molecule has 19 heteroatoms. The maximum atomic E-state index is 13.0. The third-order valence-electron chi connectivity index (χ3n) is 17.0. The molecule has 0 aromatic heterocycles. The Hall–Kier alpha value is -1.94. The van der Waals surface area contributed by atoms with E-state index < -0.39 is 97.5 Å². The summed E-state index contributed by atoms with van der Waals surface area (Å²) in [6.45, 7) is 9.56. The molecule has 0 aromatic carbocycles. The number of ether oxygens (including phenoxy) is 4. The molecule has 17 nitrogen and oxygen atoms in total. The number of unbranched alkanes of at least 4 members (excludes halogenated alkanes) is 42. The van der Waals surface area contributed by atoms with Gasteiger partial charge in [0.25, 0.3) is 0 Å². The molecule has 0 saturated carbocycles. The monoisotopic (exact) mass is 1350 g/mol. The molecule has 0 spiro atoms. The minimum absolute atomic E-state index is 0.107. The van der Waals surface area contributed by atoms with Crippen LogP contribution in [0.25, 0.3) is 0 Å². The zero-order chi connectivity index (χ0) is 67.9. The number of carbonyl (C=O) groups excluding carboxylic acids is 4. The molecule has 0 bridgehead atoms. The van der Waals surface area contributed by atoms with Crippen LogP contribution in [-0.4, -0.2) is 96.7 Å². The second-order valence-corrected chi connectivity index (χ2v) is 30.2. The number of aliphatic hydroxyl groups excluding tert-OH is 1. The Morgan fingerprint density at radius 2 is 0.500 bits per heavy atom. The van der Waals surface area contributed by atoms with Crippen LogP contribution in [0.15, 0.2) is 0 Å². The molecule has 0 fully saturated rings. The van der Waals surface area contributed by atoms with Crippen LogP contribution >= 0.6 is 15.6 Å². The zero-order valence-corrected chi connectivity index (χ0v) is 61.6. The van der Waals surface area contributed by atoms with Gasteiger partial charge in [0.1, 0.15) is 19.3 Å². The van der Waals surface area contributed by atoms with Gasteiger partial charge in [-0.3, -0.25) is 37.3 Å². The highest BCUT2D eigenvalue weighted by Gasteiger charge is 2.30. The van der Waals surface area contributed by atoms with E-state index in [2.05, 4.69) is 41.5 Å². The van der Waals surface area contributed by atoms with Gasteiger partial charge in [0.2, 0.25) is 0 Å². The molecule has 2 unspecified atom stereocenters. The molecule has 546 valence electrons. The van der Waals surface area contributed by atoms with Crippen molar-refractivity contribution in [2.45, 2.75) is 394 Å². The molecule has 0 amide bonds. The molecule has 0 aromatic rings. The average molecular weight is 1350 g/mol. The van der Waals surface area contributed by atoms with Crippen molar-refractivity contribution in [2.75, 3.05) is 39.6 Å². The van der Waals surface area contributed by atoms with Gasteiger partial charge in [-0.2, -0.15) is 0 Å². The number of rotatable bonds is 72. The standard InChI is InChI=1S/C73H142O17P2/c1-7-9-11-13-15-17-19-21-25-31-37-43-49-55-70(75)83-61-68(90-73(78)58-52-46-40-33-27-23-24-29-35-41-47-53-65(3)4)63-87-91(79,80)85-59-67(74)60-86-92(81,82)88-64-69(62-84-71(76)56-50-44-38-34-28-30-36-42-48-54-66(5)6)89-72(77)57-51-45-39-32-26-22-20-18-16-14-12-10-8-2/h65-69,74H,7-64H2,1-6H3,(H,79,80)(H,81,82)/t67-,68-,69-/m1/s1. The largest absolute Gasteiger partial charge is 0.472 e. The smallest absolute Gasteiger partial charge is 0.462 e. The molecular formula is C73H142O17P2. The minimum atomic E-state index is -4.95. The Bertz CT molecular complexity index is 1790. The summed E-state index contributed by atoms with van der Waals surface area (Å²) in [5.41, 5.74) is 0. The van der Waals surface area contributed by atoms with Crippen LogP contribution in [0.2, 0.25) is 0 Å². The lowest BCUT2D eigenvalue weighted by Crippen LogP contribution is -2.30. The van der Waals surface area contributed by atoms with Gasteiger partial charge < -0.3 is 33.8 Å². The molecule has 0 radical (unpaired) electrons. The van der Waals surface area contributed by atoms with Crippen LogP contribution in [0.5, 0.6) is 0 Å². The van der Waals surface area contributed by atoms with Crippen LogP contribution in [0.4, 0.5) is 0 Å². The van der Waals surface area contributed by atoms with Crippen molar-refractivity contribution in [2.24, 2.45) is 11.8 Å². The predicted molar refractivity (Wildman–Crippen MR) is 372 cm³/mol. The van der Waals surface area contributed by atoms with Crippen LogP contribution < -0.4 is 0 Å². The first-order valence-corrected chi connectivity index (χ1v) is 41.0. The van der Waals surface area contributed by atoms with Gasteiger partial charge in [0.05, 0.1) is 26.4 Å². The molecule has 0 saturated heterocycles. The number of carbonyl (C=O) groups is 4. The third-order valence-corrected chi connectivity index (χ3v) is 18.9. The van der Waals surface area contributed by atoms with Gasteiger partial charge in [-0.25, -0.2) is 9.13 Å². The van der Waals surface area contributed by atoms with Gasteiger partial charge in [-0.15, -0.1) is 0 Å². The number of phosphoric acid groups is 2. The van der Waals surface area contributed by atoms with Gasteiger partial charge in [0, 0.05) is 25.7 Å². The van der Waals surface area contributed by atoms with Crippen molar-refractivity contribution in [3.63, 3.8) is 0 Å². The highest BCUT2D eigenvalue weighted by Crippen LogP contribution is 2.45.